The molecule has 1 N–H and O–H groups in total. The molecule has 0 aromatic carbocycles. The van der Waals surface area contributed by atoms with Gasteiger partial charge in [0.05, 0.1) is 0 Å². The van der Waals surface area contributed by atoms with Crippen LogP contribution in [0.3, 0.4) is 0 Å². The van der Waals surface area contributed by atoms with Crippen molar-refractivity contribution in [2.45, 2.75) is 53.0 Å². The second-order valence-corrected chi connectivity index (χ2v) is 4.67. The van der Waals surface area contributed by atoms with Crippen molar-refractivity contribution in [3.8, 4) is 0 Å². The summed E-state index contributed by atoms with van der Waals surface area (Å²) < 4.78 is 0. The summed E-state index contributed by atoms with van der Waals surface area (Å²) >= 11 is 5.66. The molecule has 0 aromatic rings. The molecule has 1 atom stereocenters. The topological polar surface area (TPSA) is 29.1 Å². The molecule has 0 saturated carbocycles. The van der Waals surface area contributed by atoms with Gasteiger partial charge >= 0.3 is 0 Å². The van der Waals surface area contributed by atoms with Gasteiger partial charge < -0.3 is 5.32 Å². The van der Waals surface area contributed by atoms with Crippen molar-refractivity contribution in [3.63, 3.8) is 0 Å². The first kappa shape index (κ1) is 13.8. The van der Waals surface area contributed by atoms with Crippen molar-refractivity contribution in [2.75, 3.05) is 5.88 Å². The minimum absolute atomic E-state index is 0.136. The molecule has 2 nitrogen and oxygen atoms in total. The van der Waals surface area contributed by atoms with Gasteiger partial charge in [0, 0.05) is 17.3 Å². The van der Waals surface area contributed by atoms with Crippen LogP contribution in [-0.2, 0) is 4.79 Å². The van der Waals surface area contributed by atoms with E-state index in [9.17, 15) is 4.79 Å². The van der Waals surface area contributed by atoms with Crippen molar-refractivity contribution in [1.82, 2.24) is 5.32 Å². The number of carbonyl (C=O) groups excluding carboxylic acids is 1. The van der Waals surface area contributed by atoms with Crippen LogP contribution in [0.5, 0.6) is 0 Å². The zero-order valence-corrected chi connectivity index (χ0v) is 10.4. The van der Waals surface area contributed by atoms with Gasteiger partial charge in [-0.25, -0.2) is 0 Å². The van der Waals surface area contributed by atoms with E-state index >= 15 is 0 Å². The molecule has 0 aliphatic rings. The van der Waals surface area contributed by atoms with Gasteiger partial charge in [0.25, 0.3) is 0 Å². The normalized spacial score (nSPS) is 13.8. The number of carbonyl (C=O) groups is 1. The third-order valence-corrected chi connectivity index (χ3v) is 3.00. The largest absolute Gasteiger partial charge is 0.353 e. The predicted molar refractivity (Wildman–Crippen MR) is 61.6 cm³/mol. The fourth-order valence-corrected chi connectivity index (χ4v) is 1.31. The van der Waals surface area contributed by atoms with Crippen LogP contribution in [0.15, 0.2) is 0 Å². The first-order valence-electron chi connectivity index (χ1n) is 5.34. The van der Waals surface area contributed by atoms with Crippen LogP contribution < -0.4 is 5.32 Å². The van der Waals surface area contributed by atoms with Gasteiger partial charge in [0.1, 0.15) is 0 Å². The molecule has 0 bridgehead atoms. The second kappa shape index (κ2) is 6.28. The highest BCUT2D eigenvalue weighted by atomic mass is 35.5. The summed E-state index contributed by atoms with van der Waals surface area (Å²) in [4.78, 5) is 11.8. The third kappa shape index (κ3) is 4.32. The van der Waals surface area contributed by atoms with E-state index in [1.54, 1.807) is 0 Å². The quantitative estimate of drug-likeness (QED) is 0.684. The summed E-state index contributed by atoms with van der Waals surface area (Å²) in [5.74, 6) is 0.739. The number of nitrogens with one attached hydrogen (secondary N) is 1. The number of hydrogen-bond acceptors (Lipinski definition) is 1. The first-order chi connectivity index (χ1) is 6.47. The molecule has 1 amide bonds. The Bertz CT molecular complexity index is 180. The molecule has 0 saturated heterocycles. The summed E-state index contributed by atoms with van der Waals surface area (Å²) in [7, 11) is 0. The van der Waals surface area contributed by atoms with Gasteiger partial charge in [-0.3, -0.25) is 4.79 Å². The van der Waals surface area contributed by atoms with E-state index in [1.807, 2.05) is 20.8 Å². The van der Waals surface area contributed by atoms with Gasteiger partial charge in [-0.2, -0.15) is 0 Å². The lowest BCUT2D eigenvalue weighted by Crippen LogP contribution is -2.42. The Morgan fingerprint density at radius 3 is 2.36 bits per heavy atom. The molecule has 0 spiro atoms. The SMILES string of the molecule is CCC(CCCl)NC(=O)C(C)(C)CC. The third-order valence-electron chi connectivity index (χ3n) is 2.78. The molecule has 0 aliphatic heterocycles. The second-order valence-electron chi connectivity index (χ2n) is 4.29. The number of alkyl halides is 1. The molecule has 0 aliphatic carbocycles. The number of rotatable bonds is 6. The lowest BCUT2D eigenvalue weighted by Gasteiger charge is -2.25. The number of halogens is 1. The molecule has 0 heterocycles. The van der Waals surface area contributed by atoms with Crippen molar-refractivity contribution < 1.29 is 4.79 Å². The minimum Gasteiger partial charge on any atom is -0.353 e. The maximum Gasteiger partial charge on any atom is 0.225 e. The first-order valence-corrected chi connectivity index (χ1v) is 5.88. The highest BCUT2D eigenvalue weighted by molar-refractivity contribution is 6.17. The molecular formula is C11H22ClNO. The molecule has 0 aromatic heterocycles. The molecule has 1 unspecified atom stereocenters. The van der Waals surface area contributed by atoms with E-state index in [1.165, 1.54) is 0 Å². The number of hydrogen-bond donors (Lipinski definition) is 1. The van der Waals surface area contributed by atoms with Crippen LogP contribution >= 0.6 is 11.6 Å². The van der Waals surface area contributed by atoms with E-state index in [-0.39, 0.29) is 17.4 Å². The lowest BCUT2D eigenvalue weighted by atomic mass is 9.89. The zero-order chi connectivity index (χ0) is 11.2. The molecule has 84 valence electrons. The average molecular weight is 220 g/mol. The zero-order valence-electron chi connectivity index (χ0n) is 9.69. The fraction of sp³-hybridized carbons (Fsp3) is 0.909. The molecule has 0 rings (SSSR count). The monoisotopic (exact) mass is 219 g/mol. The van der Waals surface area contributed by atoms with Crippen LogP contribution in [-0.4, -0.2) is 17.8 Å². The van der Waals surface area contributed by atoms with E-state index in [2.05, 4.69) is 12.2 Å². The lowest BCUT2D eigenvalue weighted by molar-refractivity contribution is -0.130. The van der Waals surface area contributed by atoms with Crippen molar-refractivity contribution >= 4 is 17.5 Å². The highest BCUT2D eigenvalue weighted by Gasteiger charge is 2.26. The van der Waals surface area contributed by atoms with Gasteiger partial charge in [0.2, 0.25) is 5.91 Å². The van der Waals surface area contributed by atoms with Crippen LogP contribution in [0.4, 0.5) is 0 Å². The van der Waals surface area contributed by atoms with Gasteiger partial charge in [-0.05, 0) is 19.3 Å². The van der Waals surface area contributed by atoms with E-state index in [0.29, 0.717) is 5.88 Å². The maximum absolute atomic E-state index is 11.8. The fourth-order valence-electron chi connectivity index (χ4n) is 1.05. The molecule has 14 heavy (non-hydrogen) atoms. The van der Waals surface area contributed by atoms with Gasteiger partial charge in [-0.15, -0.1) is 11.6 Å². The maximum atomic E-state index is 11.8. The predicted octanol–water partition coefficient (Wildman–Crippen LogP) is 2.95. The molecule has 3 heteroatoms. The molecular weight excluding hydrogens is 198 g/mol. The summed E-state index contributed by atoms with van der Waals surface area (Å²) in [5, 5.41) is 3.04. The van der Waals surface area contributed by atoms with E-state index in [0.717, 1.165) is 19.3 Å². The molecule has 0 fully saturated rings. The summed E-state index contributed by atoms with van der Waals surface area (Å²) in [6.07, 6.45) is 2.65. The van der Waals surface area contributed by atoms with Gasteiger partial charge in [-0.1, -0.05) is 27.7 Å². The Labute approximate surface area is 92.4 Å². The van der Waals surface area contributed by atoms with Crippen LogP contribution in [0.1, 0.15) is 47.0 Å². The summed E-state index contributed by atoms with van der Waals surface area (Å²) in [6.45, 7) is 8.03. The smallest absolute Gasteiger partial charge is 0.225 e. The van der Waals surface area contributed by atoms with Crippen LogP contribution in [0.2, 0.25) is 0 Å². The van der Waals surface area contributed by atoms with Crippen LogP contribution in [0.25, 0.3) is 0 Å². The average Bonchev–Trinajstić information content (AvgIpc) is 2.16. The minimum atomic E-state index is -0.264. The Morgan fingerprint density at radius 2 is 2.00 bits per heavy atom. The summed E-state index contributed by atoms with van der Waals surface area (Å²) in [5.41, 5.74) is -0.264. The Hall–Kier alpha value is -0.240. The Balaban J connectivity index is 4.15. The standard InChI is InChI=1S/C11H22ClNO/c1-5-9(7-8-12)13-10(14)11(3,4)6-2/h9H,5-8H2,1-4H3,(H,13,14). The van der Waals surface area contributed by atoms with Gasteiger partial charge in [0.15, 0.2) is 0 Å². The Kier molecular flexibility index (Phi) is 6.17. The van der Waals surface area contributed by atoms with Crippen LogP contribution in [0, 0.1) is 5.41 Å². The van der Waals surface area contributed by atoms with E-state index in [4.69, 9.17) is 11.6 Å². The van der Waals surface area contributed by atoms with Crippen molar-refractivity contribution in [1.29, 1.82) is 0 Å². The van der Waals surface area contributed by atoms with Crippen molar-refractivity contribution in [2.24, 2.45) is 5.41 Å². The van der Waals surface area contributed by atoms with Crippen molar-refractivity contribution in [3.05, 3.63) is 0 Å². The summed E-state index contributed by atoms with van der Waals surface area (Å²) in [6, 6.07) is 0.228. The highest BCUT2D eigenvalue weighted by Crippen LogP contribution is 2.20. The van der Waals surface area contributed by atoms with E-state index < -0.39 is 0 Å². The Morgan fingerprint density at radius 1 is 1.43 bits per heavy atom. The molecule has 0 radical (unpaired) electrons. The number of amides is 1.